The summed E-state index contributed by atoms with van der Waals surface area (Å²) in [4.78, 5) is 16.0. The molecule has 2 N–H and O–H groups in total. The second-order valence-electron chi connectivity index (χ2n) is 6.24. The van der Waals surface area contributed by atoms with E-state index in [1.165, 1.54) is 0 Å². The van der Waals surface area contributed by atoms with Crippen LogP contribution in [0.25, 0.3) is 46.4 Å². The van der Waals surface area contributed by atoms with Crippen LogP contribution >= 0.6 is 0 Å². The van der Waals surface area contributed by atoms with Crippen molar-refractivity contribution in [2.75, 3.05) is 7.11 Å². The summed E-state index contributed by atoms with van der Waals surface area (Å²) in [5.74, 6) is 0.786. The zero-order valence-corrected chi connectivity index (χ0v) is 16.9. The van der Waals surface area contributed by atoms with Crippen LogP contribution in [0.4, 0.5) is 0 Å². The van der Waals surface area contributed by atoms with Gasteiger partial charge in [0.2, 0.25) is 0 Å². The Morgan fingerprint density at radius 3 is 1.93 bits per heavy atom. The van der Waals surface area contributed by atoms with Gasteiger partial charge < -0.3 is 14.7 Å². The summed E-state index contributed by atoms with van der Waals surface area (Å²) in [6.07, 6.45) is 7.98. The fourth-order valence-electron chi connectivity index (χ4n) is 3.16. The van der Waals surface area contributed by atoms with Crippen LogP contribution in [0.2, 0.25) is 0 Å². The Labute approximate surface area is 169 Å². The van der Waals surface area contributed by atoms with Crippen molar-refractivity contribution < 1.29 is 24.8 Å². The first kappa shape index (κ1) is 17.5. The number of hydrogen-bond donors (Lipinski definition) is 2. The monoisotopic (exact) mass is 533 g/mol. The molecule has 1 radical (unpaired) electrons. The number of aromatic nitrogens is 4. The smallest absolute Gasteiger partial charge is 0.144 e. The maximum atomic E-state index is 5.50. The Balaban J connectivity index is 0.00000180. The number of rotatable bonds is 1. The van der Waals surface area contributed by atoms with E-state index in [4.69, 9.17) is 4.74 Å². The third kappa shape index (κ3) is 3.50. The molecule has 5 heterocycles. The van der Waals surface area contributed by atoms with E-state index in [9.17, 15) is 0 Å². The maximum absolute atomic E-state index is 5.50. The third-order valence-corrected chi connectivity index (χ3v) is 4.35. The van der Waals surface area contributed by atoms with Crippen molar-refractivity contribution in [3.05, 3.63) is 65.2 Å². The molecule has 0 spiro atoms. The first-order valence-corrected chi connectivity index (χ1v) is 8.38. The number of fused-ring (bicyclic) bond motifs is 8. The van der Waals surface area contributed by atoms with E-state index in [0.717, 1.165) is 50.6 Å². The molecule has 0 fully saturated rings. The Morgan fingerprint density at radius 1 is 0.667 bits per heavy atom. The summed E-state index contributed by atoms with van der Waals surface area (Å²) < 4.78 is 5.50. The Hall–Kier alpha value is -2.95. The summed E-state index contributed by atoms with van der Waals surface area (Å²) in [7, 11) is 1.67. The Kier molecular flexibility index (Phi) is 4.52. The topological polar surface area (TPSA) is 66.6 Å². The Bertz CT molecular complexity index is 1230. The molecule has 3 aromatic heterocycles. The van der Waals surface area contributed by atoms with Gasteiger partial charge in [0, 0.05) is 42.7 Å². The van der Waals surface area contributed by atoms with Crippen molar-refractivity contribution in [3.63, 3.8) is 0 Å². The van der Waals surface area contributed by atoms with Crippen LogP contribution in [-0.4, -0.2) is 27.0 Å². The summed E-state index contributed by atoms with van der Waals surface area (Å²) in [6, 6.07) is 14.1. The molecule has 0 saturated carbocycles. The van der Waals surface area contributed by atoms with Gasteiger partial charge in [-0.1, -0.05) is 0 Å². The molecular formula is C21H16IrN4O. The number of ether oxygens (including phenoxy) is 1. The van der Waals surface area contributed by atoms with Crippen molar-refractivity contribution in [1.29, 1.82) is 0 Å². The van der Waals surface area contributed by atoms with Gasteiger partial charge >= 0.3 is 0 Å². The molecule has 3 aromatic rings. The molecule has 0 aliphatic carbocycles. The second-order valence-corrected chi connectivity index (χ2v) is 6.24. The van der Waals surface area contributed by atoms with E-state index >= 15 is 0 Å². The van der Waals surface area contributed by atoms with Crippen LogP contribution in [-0.2, 0) is 20.1 Å². The maximum Gasteiger partial charge on any atom is 0.144 e. The molecule has 27 heavy (non-hydrogen) atoms. The van der Waals surface area contributed by atoms with E-state index in [1.54, 1.807) is 7.11 Å². The minimum atomic E-state index is 0. The van der Waals surface area contributed by atoms with E-state index in [2.05, 4.69) is 19.9 Å². The first-order valence-electron chi connectivity index (χ1n) is 8.38. The van der Waals surface area contributed by atoms with Gasteiger partial charge in [-0.3, -0.25) is 0 Å². The third-order valence-electron chi connectivity index (χ3n) is 4.35. The molecular weight excluding hydrogens is 516 g/mol. The predicted octanol–water partition coefficient (Wildman–Crippen LogP) is 4.66. The minimum Gasteiger partial charge on any atom is -0.494 e. The van der Waals surface area contributed by atoms with Crippen molar-refractivity contribution in [1.82, 2.24) is 19.9 Å². The number of nitrogens with one attached hydrogen (secondary N) is 2. The average Bonchev–Trinajstić information content (AvgIpc) is 3.39. The summed E-state index contributed by atoms with van der Waals surface area (Å²) >= 11 is 0. The number of nitrogens with zero attached hydrogens (tertiary/aromatic N) is 2. The molecule has 0 unspecified atom stereocenters. The molecule has 0 amide bonds. The normalized spacial score (nSPS) is 12.0. The Morgan fingerprint density at radius 2 is 1.26 bits per heavy atom. The van der Waals surface area contributed by atoms with Crippen molar-refractivity contribution in [2.24, 2.45) is 0 Å². The van der Waals surface area contributed by atoms with Crippen molar-refractivity contribution in [2.45, 2.75) is 0 Å². The van der Waals surface area contributed by atoms with Crippen LogP contribution in [0, 0.1) is 0 Å². The van der Waals surface area contributed by atoms with Crippen LogP contribution in [0.15, 0.2) is 42.5 Å². The largest absolute Gasteiger partial charge is 0.494 e. The van der Waals surface area contributed by atoms with Crippen LogP contribution in [0.1, 0.15) is 22.8 Å². The van der Waals surface area contributed by atoms with E-state index < -0.39 is 0 Å². The molecule has 2 aliphatic rings. The molecule has 5 nitrogen and oxygen atoms in total. The van der Waals surface area contributed by atoms with Crippen LogP contribution in [0.5, 0.6) is 5.75 Å². The van der Waals surface area contributed by atoms with Crippen molar-refractivity contribution >= 4 is 46.4 Å². The molecule has 5 rings (SSSR count). The van der Waals surface area contributed by atoms with Gasteiger partial charge in [0.1, 0.15) is 5.75 Å². The van der Waals surface area contributed by atoms with E-state index in [1.807, 2.05) is 66.8 Å². The van der Waals surface area contributed by atoms with Gasteiger partial charge in [-0.15, -0.1) is 0 Å². The predicted molar refractivity (Wildman–Crippen MR) is 105 cm³/mol. The fraction of sp³-hybridized carbons (Fsp3) is 0.0476. The minimum absolute atomic E-state index is 0. The number of hydrogen-bond acceptors (Lipinski definition) is 3. The number of methoxy groups -OCH3 is 1. The second kappa shape index (κ2) is 6.99. The van der Waals surface area contributed by atoms with Gasteiger partial charge in [-0.05, 0) is 60.7 Å². The quantitative estimate of drug-likeness (QED) is 0.330. The molecule has 0 saturated heterocycles. The SMILES string of the molecule is COc1cc2cc3ccc(cc4nc(cc5nc(cc1[nH]2)C=C5)C=C4)[nH]3.[Ir]. The molecule has 6 heteroatoms. The van der Waals surface area contributed by atoms with E-state index in [-0.39, 0.29) is 20.1 Å². The average molecular weight is 533 g/mol. The molecule has 0 aromatic carbocycles. The zero-order chi connectivity index (χ0) is 17.5. The van der Waals surface area contributed by atoms with Gasteiger partial charge in [0.05, 0.1) is 35.4 Å². The van der Waals surface area contributed by atoms with Gasteiger partial charge in [-0.25, -0.2) is 9.97 Å². The van der Waals surface area contributed by atoms with Gasteiger partial charge in [0.15, 0.2) is 0 Å². The first-order chi connectivity index (χ1) is 12.7. The summed E-state index contributed by atoms with van der Waals surface area (Å²) in [6.45, 7) is 0. The standard InChI is InChI=1S/C21H16N4O.Ir/c1-26-21-12-19-10-17-5-4-15(23-17)8-13-2-3-14(22-13)9-16-6-7-18(24-16)11-20(21)25-19;/h2-12,23,25H,1H3;. The molecule has 8 bridgehead atoms. The molecule has 0 atom stereocenters. The van der Waals surface area contributed by atoms with Crippen LogP contribution < -0.4 is 4.74 Å². The van der Waals surface area contributed by atoms with E-state index in [0.29, 0.717) is 0 Å². The molecule has 2 aliphatic heterocycles. The summed E-state index contributed by atoms with van der Waals surface area (Å²) in [5, 5.41) is 0. The fourth-order valence-corrected chi connectivity index (χ4v) is 3.16. The van der Waals surface area contributed by atoms with Crippen molar-refractivity contribution in [3.8, 4) is 5.75 Å². The van der Waals surface area contributed by atoms with Gasteiger partial charge in [-0.2, -0.15) is 0 Å². The number of aromatic amines is 2. The number of H-pyrrole nitrogens is 2. The zero-order valence-electron chi connectivity index (χ0n) is 14.5. The summed E-state index contributed by atoms with van der Waals surface area (Å²) in [5.41, 5.74) is 7.43. The molecule has 135 valence electrons. The van der Waals surface area contributed by atoms with Crippen LogP contribution in [0.3, 0.4) is 0 Å². The van der Waals surface area contributed by atoms with Gasteiger partial charge in [0.25, 0.3) is 0 Å².